The van der Waals surface area contributed by atoms with Crippen LogP contribution in [0.4, 0.5) is 114 Å². The second kappa shape index (κ2) is 21.4. The standard InChI is InChI=1S/C31H42F26O5Si2/c1-58-63(59-2,10-6-5-8-20(32,33)12-22(36,37)14-24(40,41)16-26(44,45)18-28(48,49)30(52,53)54)62-64(60-3,61-4)11-7-9-21(34,35)13-23(38,39)15-25(42,43)17-27(46,47)19-29(50,51)31(55,56)57/h5-19H2,1-4H3. The molecule has 0 aliphatic carbocycles. The lowest BCUT2D eigenvalue weighted by molar-refractivity contribution is -0.304. The fourth-order valence-electron chi connectivity index (χ4n) is 6.04. The minimum absolute atomic E-state index is 0.544. The first-order valence-corrected chi connectivity index (χ1v) is 21.7. The summed E-state index contributed by atoms with van der Waals surface area (Å²) in [6, 6.07) is -1.36. The Morgan fingerprint density at radius 2 is 0.500 bits per heavy atom. The van der Waals surface area contributed by atoms with Crippen LogP contribution in [-0.4, -0.2) is 118 Å². The minimum atomic E-state index is -6.64. The van der Waals surface area contributed by atoms with Gasteiger partial charge < -0.3 is 21.8 Å². The largest absolute Gasteiger partial charge is 0.493 e. The molecule has 0 aromatic rings. The number of unbranched alkanes of at least 4 members (excludes halogenated alkanes) is 1. The Balaban J connectivity index is 5.59. The van der Waals surface area contributed by atoms with Gasteiger partial charge in [0.15, 0.2) is 0 Å². The maximum absolute atomic E-state index is 14.6. The molecule has 0 bridgehead atoms. The topological polar surface area (TPSA) is 46.2 Å². The minimum Gasteiger partial charge on any atom is -0.377 e. The molecule has 0 spiro atoms. The van der Waals surface area contributed by atoms with Gasteiger partial charge in [-0.15, -0.1) is 0 Å². The summed E-state index contributed by atoms with van der Waals surface area (Å²) in [5.74, 6) is -54.2. The van der Waals surface area contributed by atoms with Gasteiger partial charge >= 0.3 is 41.8 Å². The zero-order valence-corrected chi connectivity index (χ0v) is 35.5. The van der Waals surface area contributed by atoms with Crippen LogP contribution >= 0.6 is 0 Å². The van der Waals surface area contributed by atoms with Crippen molar-refractivity contribution < 1.29 is 136 Å². The van der Waals surface area contributed by atoms with Gasteiger partial charge in [-0.2, -0.15) is 43.9 Å². The van der Waals surface area contributed by atoms with Crippen LogP contribution in [0.15, 0.2) is 0 Å². The van der Waals surface area contributed by atoms with Crippen LogP contribution in [0.5, 0.6) is 0 Å². The summed E-state index contributed by atoms with van der Waals surface area (Å²) >= 11 is 0. The van der Waals surface area contributed by atoms with Gasteiger partial charge in [0.05, 0.1) is 51.4 Å². The van der Waals surface area contributed by atoms with Gasteiger partial charge in [-0.05, 0) is 19.3 Å². The molecule has 0 heterocycles. The van der Waals surface area contributed by atoms with Gasteiger partial charge in [0.2, 0.25) is 0 Å². The zero-order chi connectivity index (χ0) is 51.1. The lowest BCUT2D eigenvalue weighted by Gasteiger charge is -2.36. The van der Waals surface area contributed by atoms with E-state index in [4.69, 9.17) is 21.8 Å². The maximum atomic E-state index is 14.6. The fraction of sp³-hybridized carbons (Fsp3) is 1.00. The molecule has 0 saturated carbocycles. The first-order valence-electron chi connectivity index (χ1n) is 17.8. The number of alkyl halides is 26. The molecule has 0 N–H and O–H groups in total. The molecule has 0 aliphatic rings. The van der Waals surface area contributed by atoms with Crippen molar-refractivity contribution in [1.82, 2.24) is 0 Å². The van der Waals surface area contributed by atoms with Crippen molar-refractivity contribution in [2.75, 3.05) is 28.4 Å². The Morgan fingerprint density at radius 1 is 0.281 bits per heavy atom. The van der Waals surface area contributed by atoms with Crippen molar-refractivity contribution in [2.45, 2.75) is 167 Å². The first-order chi connectivity index (χ1) is 28.0. The predicted molar refractivity (Wildman–Crippen MR) is 172 cm³/mol. The number of halogens is 26. The SMILES string of the molecule is CO[Si](CCCCC(F)(F)CC(F)(F)CC(F)(F)CC(F)(F)CC(F)(F)C(F)(F)F)(OC)O[Si](CCCC(F)(F)CC(F)(F)CC(F)(F)CC(F)(F)CC(F)(F)C(F)(F)F)(OC)OC. The third-order valence-electron chi connectivity index (χ3n) is 8.75. The molecule has 0 atom stereocenters. The molecule has 5 nitrogen and oxygen atoms in total. The molecule has 0 radical (unpaired) electrons. The molecule has 386 valence electrons. The van der Waals surface area contributed by atoms with Crippen LogP contribution in [0.1, 0.15) is 83.5 Å². The van der Waals surface area contributed by atoms with Crippen LogP contribution in [0.25, 0.3) is 0 Å². The number of hydrogen-bond acceptors (Lipinski definition) is 5. The predicted octanol–water partition coefficient (Wildman–Crippen LogP) is 14.0. The second-order valence-corrected chi connectivity index (χ2v) is 21.2. The van der Waals surface area contributed by atoms with E-state index in [0.717, 1.165) is 28.4 Å². The molecule has 0 saturated heterocycles. The van der Waals surface area contributed by atoms with Crippen molar-refractivity contribution >= 4 is 17.6 Å². The van der Waals surface area contributed by atoms with Gasteiger partial charge in [0.1, 0.15) is 0 Å². The monoisotopic (exact) mass is 1040 g/mol. The van der Waals surface area contributed by atoms with Gasteiger partial charge in [-0.3, -0.25) is 0 Å². The summed E-state index contributed by atoms with van der Waals surface area (Å²) in [5.41, 5.74) is 0. The summed E-state index contributed by atoms with van der Waals surface area (Å²) < 4.78 is 378. The summed E-state index contributed by atoms with van der Waals surface area (Å²) in [6.45, 7) is 0. The van der Waals surface area contributed by atoms with Gasteiger partial charge in [0, 0.05) is 53.4 Å². The molecular formula is C31H42F26O5Si2. The molecule has 0 amide bonds. The summed E-state index contributed by atoms with van der Waals surface area (Å²) in [7, 11) is -5.23. The maximum Gasteiger partial charge on any atom is 0.493 e. The first kappa shape index (κ1) is 62.4. The highest BCUT2D eigenvalue weighted by atomic mass is 28.5. The molecule has 0 aromatic heterocycles. The van der Waals surface area contributed by atoms with Crippen molar-refractivity contribution in [2.24, 2.45) is 0 Å². The highest BCUT2D eigenvalue weighted by molar-refractivity contribution is 6.75. The molecular weight excluding hydrogens is 1000 g/mol. The molecule has 0 fully saturated rings. The Labute approximate surface area is 349 Å². The van der Waals surface area contributed by atoms with Crippen LogP contribution < -0.4 is 0 Å². The highest BCUT2D eigenvalue weighted by Gasteiger charge is 2.65. The Bertz CT molecular complexity index is 1420. The molecule has 0 aliphatic heterocycles. The van der Waals surface area contributed by atoms with Crippen LogP contribution in [0, 0.1) is 0 Å². The average molecular weight is 1040 g/mol. The van der Waals surface area contributed by atoms with Crippen molar-refractivity contribution in [3.8, 4) is 0 Å². The lowest BCUT2D eigenvalue weighted by atomic mass is 9.95. The smallest absolute Gasteiger partial charge is 0.377 e. The molecule has 0 rings (SSSR count). The van der Waals surface area contributed by atoms with Crippen LogP contribution in [0.2, 0.25) is 12.1 Å². The Hall–Kier alpha value is -1.59. The van der Waals surface area contributed by atoms with Crippen molar-refractivity contribution in [3.63, 3.8) is 0 Å². The summed E-state index contributed by atoms with van der Waals surface area (Å²) in [4.78, 5) is 0. The third kappa shape index (κ3) is 21.6. The van der Waals surface area contributed by atoms with Gasteiger partial charge in [-0.25, -0.2) is 70.2 Å². The third-order valence-corrected chi connectivity index (χ3v) is 15.7. The molecule has 0 unspecified atom stereocenters. The van der Waals surface area contributed by atoms with E-state index in [2.05, 4.69) is 0 Å². The van der Waals surface area contributed by atoms with Gasteiger partial charge in [-0.1, -0.05) is 0 Å². The second-order valence-electron chi connectivity index (χ2n) is 15.0. The van der Waals surface area contributed by atoms with E-state index >= 15 is 0 Å². The summed E-state index contributed by atoms with van der Waals surface area (Å²) in [5, 5.41) is 0. The quantitative estimate of drug-likeness (QED) is 0.0393. The Kier molecular flexibility index (Phi) is 20.8. The van der Waals surface area contributed by atoms with E-state index in [9.17, 15) is 114 Å². The van der Waals surface area contributed by atoms with Crippen LogP contribution in [0.3, 0.4) is 0 Å². The number of rotatable bonds is 31. The normalized spacial score (nSPS) is 15.7. The molecule has 64 heavy (non-hydrogen) atoms. The lowest BCUT2D eigenvalue weighted by Crippen LogP contribution is -2.57. The van der Waals surface area contributed by atoms with Gasteiger partial charge in [0.25, 0.3) is 47.4 Å². The van der Waals surface area contributed by atoms with E-state index in [-0.39, 0.29) is 0 Å². The van der Waals surface area contributed by atoms with E-state index < -0.39 is 185 Å². The molecule has 33 heteroatoms. The Morgan fingerprint density at radius 3 is 0.750 bits per heavy atom. The van der Waals surface area contributed by atoms with Crippen molar-refractivity contribution in [1.29, 1.82) is 0 Å². The van der Waals surface area contributed by atoms with Crippen molar-refractivity contribution in [3.05, 3.63) is 0 Å². The van der Waals surface area contributed by atoms with E-state index in [0.29, 0.717) is 0 Å². The highest BCUT2D eigenvalue weighted by Crippen LogP contribution is 2.51. The van der Waals surface area contributed by atoms with E-state index in [1.807, 2.05) is 0 Å². The summed E-state index contributed by atoms with van der Waals surface area (Å²) in [6.07, 6.45) is -44.3. The average Bonchev–Trinajstić information content (AvgIpc) is 2.99. The number of hydrogen-bond donors (Lipinski definition) is 0. The van der Waals surface area contributed by atoms with E-state index in [1.165, 1.54) is 0 Å². The fourth-order valence-corrected chi connectivity index (χ4v) is 12.5. The zero-order valence-electron chi connectivity index (χ0n) is 33.5. The molecule has 0 aromatic carbocycles. The van der Waals surface area contributed by atoms with E-state index in [1.54, 1.807) is 0 Å². The van der Waals surface area contributed by atoms with Crippen LogP contribution in [-0.2, 0) is 21.8 Å².